The third-order valence-electron chi connectivity index (χ3n) is 8.48. The summed E-state index contributed by atoms with van der Waals surface area (Å²) in [6.45, 7) is 6.34. The van der Waals surface area contributed by atoms with Crippen molar-refractivity contribution in [3.8, 4) is 0 Å². The molecule has 0 heterocycles. The first-order valence-electron chi connectivity index (χ1n) is 12.8. The minimum Gasteiger partial charge on any atom is -0.468 e. The van der Waals surface area contributed by atoms with Gasteiger partial charge in [-0.1, -0.05) is 98.3 Å². The highest BCUT2D eigenvalue weighted by Crippen LogP contribution is 2.68. The van der Waals surface area contributed by atoms with Crippen molar-refractivity contribution in [2.75, 3.05) is 14.2 Å². The molecule has 0 saturated carbocycles. The van der Waals surface area contributed by atoms with Gasteiger partial charge >= 0.3 is 11.9 Å². The average Bonchev–Trinajstić information content (AvgIpc) is 3.17. The Morgan fingerprint density at radius 3 is 1.87 bits per heavy atom. The van der Waals surface area contributed by atoms with E-state index < -0.39 is 29.9 Å². The van der Waals surface area contributed by atoms with Crippen molar-refractivity contribution in [2.24, 2.45) is 11.3 Å². The van der Waals surface area contributed by atoms with Crippen LogP contribution >= 0.6 is 7.14 Å². The van der Waals surface area contributed by atoms with Crippen LogP contribution in [0.3, 0.4) is 0 Å². The predicted molar refractivity (Wildman–Crippen MR) is 150 cm³/mol. The molecule has 2 aliphatic rings. The lowest BCUT2D eigenvalue weighted by atomic mass is 9.64. The van der Waals surface area contributed by atoms with E-state index in [4.69, 9.17) is 9.47 Å². The summed E-state index contributed by atoms with van der Waals surface area (Å²) in [6.07, 6.45) is 0.179. The van der Waals surface area contributed by atoms with E-state index in [0.717, 1.165) is 22.3 Å². The first kappa shape index (κ1) is 26.2. The number of rotatable bonds is 5. The van der Waals surface area contributed by atoms with Crippen LogP contribution in [0, 0.1) is 18.3 Å². The Hall–Kier alpha value is -3.43. The maximum absolute atomic E-state index is 15.7. The summed E-state index contributed by atoms with van der Waals surface area (Å²) in [6, 6.07) is 25.1. The number of allylic oxidation sites excluding steroid dienone is 2. The Labute approximate surface area is 224 Å². The van der Waals surface area contributed by atoms with Crippen LogP contribution in [-0.4, -0.2) is 26.2 Å². The number of benzene rings is 3. The fraction of sp³-hybridized carbons (Fsp3) is 0.312. The van der Waals surface area contributed by atoms with Crippen LogP contribution in [0.25, 0.3) is 5.57 Å². The summed E-state index contributed by atoms with van der Waals surface area (Å²) in [4.78, 5) is 27.1. The van der Waals surface area contributed by atoms with Crippen molar-refractivity contribution >= 4 is 35.3 Å². The van der Waals surface area contributed by atoms with Gasteiger partial charge in [0.2, 0.25) is 0 Å². The number of aryl methyl sites for hydroxylation is 1. The van der Waals surface area contributed by atoms with Crippen molar-refractivity contribution in [2.45, 2.75) is 39.0 Å². The molecular formula is C32H33O5P. The van der Waals surface area contributed by atoms with Crippen molar-refractivity contribution in [3.05, 3.63) is 101 Å². The van der Waals surface area contributed by atoms with Crippen LogP contribution in [0.15, 0.2) is 84.2 Å². The monoisotopic (exact) mass is 528 g/mol. The molecule has 0 bridgehead atoms. The fourth-order valence-corrected chi connectivity index (χ4v) is 9.69. The fourth-order valence-electron chi connectivity index (χ4n) is 6.48. The van der Waals surface area contributed by atoms with Gasteiger partial charge in [-0.15, -0.1) is 0 Å². The molecule has 0 aliphatic heterocycles. The molecule has 1 atom stereocenters. The zero-order chi connectivity index (χ0) is 27.3. The topological polar surface area (TPSA) is 69.7 Å². The minimum atomic E-state index is -3.51. The Bertz CT molecular complexity index is 1430. The third-order valence-corrected chi connectivity index (χ3v) is 11.7. The Kier molecular flexibility index (Phi) is 6.47. The summed E-state index contributed by atoms with van der Waals surface area (Å²) in [5.74, 6) is -1.56. The maximum Gasteiger partial charge on any atom is 0.323 e. The second-order valence-corrected chi connectivity index (χ2v) is 13.7. The van der Waals surface area contributed by atoms with E-state index in [1.807, 2.05) is 60.7 Å². The lowest BCUT2D eigenvalue weighted by molar-refractivity contribution is -0.170. The molecule has 0 spiro atoms. The van der Waals surface area contributed by atoms with E-state index in [9.17, 15) is 9.59 Å². The Morgan fingerprint density at radius 1 is 0.842 bits per heavy atom. The first-order chi connectivity index (χ1) is 18.1. The van der Waals surface area contributed by atoms with Gasteiger partial charge in [0.1, 0.15) is 0 Å². The van der Waals surface area contributed by atoms with E-state index in [-0.39, 0.29) is 18.8 Å². The summed E-state index contributed by atoms with van der Waals surface area (Å²) in [5, 5.41) is 1.95. The molecule has 3 aromatic carbocycles. The summed E-state index contributed by atoms with van der Waals surface area (Å²) >= 11 is 0. The Balaban J connectivity index is 1.93. The molecule has 0 amide bonds. The molecule has 0 radical (unpaired) electrons. The summed E-state index contributed by atoms with van der Waals surface area (Å²) in [7, 11) is -0.931. The predicted octanol–water partition coefficient (Wildman–Crippen LogP) is 5.75. The number of carbonyl (C=O) groups excluding carboxylic acids is 2. The van der Waals surface area contributed by atoms with Crippen LogP contribution in [-0.2, 0) is 29.0 Å². The molecule has 0 N–H and O–H groups in total. The number of hydrogen-bond donors (Lipinski definition) is 0. The molecule has 0 fully saturated rings. The summed E-state index contributed by atoms with van der Waals surface area (Å²) < 4.78 is 26.2. The lowest BCUT2D eigenvalue weighted by Crippen LogP contribution is -2.47. The van der Waals surface area contributed by atoms with Crippen molar-refractivity contribution < 1.29 is 23.6 Å². The molecule has 0 aromatic heterocycles. The zero-order valence-corrected chi connectivity index (χ0v) is 23.4. The van der Waals surface area contributed by atoms with Crippen molar-refractivity contribution in [3.63, 3.8) is 0 Å². The summed E-state index contributed by atoms with van der Waals surface area (Å²) in [5.41, 5.74) is 2.24. The van der Waals surface area contributed by atoms with Crippen molar-refractivity contribution in [1.82, 2.24) is 0 Å². The SMILES string of the molecule is COC(=O)C1(C(=O)OC)CC(P(=O)(c2ccccc2)c2ccccc2)=C2c3ccc(C)cc3C(C)(C)C2C1. The molecule has 6 heteroatoms. The second-order valence-electron chi connectivity index (χ2n) is 10.9. The number of ether oxygens (including phenoxy) is 2. The van der Waals surface area contributed by atoms with Gasteiger partial charge in [-0.3, -0.25) is 9.59 Å². The number of fused-ring (bicyclic) bond motifs is 3. The van der Waals surface area contributed by atoms with E-state index in [2.05, 4.69) is 39.0 Å². The highest BCUT2D eigenvalue weighted by Gasteiger charge is 2.61. The molecule has 3 aromatic rings. The molecule has 1 unspecified atom stereocenters. The molecule has 5 rings (SSSR count). The lowest BCUT2D eigenvalue weighted by Gasteiger charge is -2.43. The van der Waals surface area contributed by atoms with Crippen LogP contribution in [0.5, 0.6) is 0 Å². The van der Waals surface area contributed by atoms with Gasteiger partial charge in [0, 0.05) is 22.3 Å². The molecule has 0 saturated heterocycles. The normalized spacial score (nSPS) is 19.3. The average molecular weight is 529 g/mol. The maximum atomic E-state index is 15.7. The van der Waals surface area contributed by atoms with E-state index in [1.165, 1.54) is 14.2 Å². The molecule has 5 nitrogen and oxygen atoms in total. The van der Waals surface area contributed by atoms with Crippen LogP contribution in [0.4, 0.5) is 0 Å². The number of esters is 2. The molecular weight excluding hydrogens is 495 g/mol. The van der Waals surface area contributed by atoms with E-state index >= 15 is 4.57 Å². The second kappa shape index (κ2) is 9.39. The third kappa shape index (κ3) is 3.71. The molecule has 196 valence electrons. The van der Waals surface area contributed by atoms with E-state index in [1.54, 1.807) is 0 Å². The highest BCUT2D eigenvalue weighted by molar-refractivity contribution is 7.82. The number of methoxy groups -OCH3 is 2. The van der Waals surface area contributed by atoms with Gasteiger partial charge in [-0.25, -0.2) is 0 Å². The Morgan fingerprint density at radius 2 is 1.37 bits per heavy atom. The van der Waals surface area contributed by atoms with Gasteiger partial charge in [-0.05, 0) is 41.4 Å². The minimum absolute atomic E-state index is 0.0390. The quantitative estimate of drug-likeness (QED) is 0.240. The van der Waals surface area contributed by atoms with Crippen LogP contribution in [0.2, 0.25) is 0 Å². The van der Waals surface area contributed by atoms with Gasteiger partial charge < -0.3 is 14.0 Å². The standard InChI is InChI=1S/C32H33O5P/c1-21-16-17-24-25(18-21)31(2,3)26-19-32(29(33)36-4,30(34)37-5)20-27(28(24)26)38(35,22-12-8-6-9-13-22)23-14-10-7-11-15-23/h6-18,26H,19-20H2,1-5H3. The van der Waals surface area contributed by atoms with Gasteiger partial charge in [0.15, 0.2) is 12.6 Å². The van der Waals surface area contributed by atoms with Gasteiger partial charge in [0.05, 0.1) is 14.2 Å². The largest absolute Gasteiger partial charge is 0.468 e. The van der Waals surface area contributed by atoms with Crippen molar-refractivity contribution in [1.29, 1.82) is 0 Å². The van der Waals surface area contributed by atoms with E-state index in [0.29, 0.717) is 15.9 Å². The smallest absolute Gasteiger partial charge is 0.323 e. The highest BCUT2D eigenvalue weighted by atomic mass is 31.2. The van der Waals surface area contributed by atoms with Crippen LogP contribution in [0.1, 0.15) is 43.4 Å². The number of hydrogen-bond acceptors (Lipinski definition) is 5. The van der Waals surface area contributed by atoms with Gasteiger partial charge in [0.25, 0.3) is 0 Å². The first-order valence-corrected chi connectivity index (χ1v) is 14.5. The number of carbonyl (C=O) groups is 2. The zero-order valence-electron chi connectivity index (χ0n) is 22.5. The van der Waals surface area contributed by atoms with Crippen LogP contribution < -0.4 is 10.6 Å². The van der Waals surface area contributed by atoms with Gasteiger partial charge in [-0.2, -0.15) is 0 Å². The molecule has 2 aliphatic carbocycles. The molecule has 38 heavy (non-hydrogen) atoms.